The molecule has 0 saturated heterocycles. The van der Waals surface area contributed by atoms with Crippen molar-refractivity contribution in [2.24, 2.45) is 0 Å². The molecule has 0 unspecified atom stereocenters. The number of rotatable bonds is 6. The topological polar surface area (TPSA) is 91.5 Å². The Balaban J connectivity index is 2.04. The summed E-state index contributed by atoms with van der Waals surface area (Å²) >= 11 is 0. The molecule has 2 rings (SSSR count). The van der Waals surface area contributed by atoms with Crippen LogP contribution in [0.1, 0.15) is 5.89 Å². The van der Waals surface area contributed by atoms with Crippen LogP contribution in [0.4, 0.5) is 10.5 Å². The molecule has 0 bridgehead atoms. The van der Waals surface area contributed by atoms with Crippen LogP contribution in [-0.4, -0.2) is 45.9 Å². The predicted octanol–water partition coefficient (Wildman–Crippen LogP) is 2.06. The van der Waals surface area contributed by atoms with Crippen molar-refractivity contribution >= 4 is 11.7 Å². The number of hydrogen-bond donors (Lipinski definition) is 2. The third kappa shape index (κ3) is 3.92. The molecule has 116 valence electrons. The molecular weight excluding hydrogens is 284 g/mol. The van der Waals surface area contributed by atoms with Gasteiger partial charge >= 0.3 is 6.03 Å². The third-order valence-electron chi connectivity index (χ3n) is 2.92. The summed E-state index contributed by atoms with van der Waals surface area (Å²) in [4.78, 5) is 13.5. The minimum atomic E-state index is -0.296. The third-order valence-corrected chi connectivity index (χ3v) is 2.92. The van der Waals surface area contributed by atoms with Gasteiger partial charge in [-0.2, -0.15) is 0 Å². The van der Waals surface area contributed by atoms with Gasteiger partial charge in [-0.15, -0.1) is 16.8 Å². The van der Waals surface area contributed by atoms with E-state index in [9.17, 15) is 4.79 Å². The van der Waals surface area contributed by atoms with Gasteiger partial charge in [-0.25, -0.2) is 4.79 Å². The highest BCUT2D eigenvalue weighted by molar-refractivity contribution is 5.89. The summed E-state index contributed by atoms with van der Waals surface area (Å²) in [6.07, 6.45) is 1.61. The lowest BCUT2D eigenvalue weighted by molar-refractivity contribution is 0.195. The minimum Gasteiger partial charge on any atom is -0.421 e. The van der Waals surface area contributed by atoms with Crippen molar-refractivity contribution in [1.29, 1.82) is 0 Å². The van der Waals surface area contributed by atoms with Crippen LogP contribution in [0.2, 0.25) is 0 Å². The summed E-state index contributed by atoms with van der Waals surface area (Å²) in [5, 5.41) is 19.4. The maximum Gasteiger partial charge on any atom is 0.322 e. The summed E-state index contributed by atoms with van der Waals surface area (Å²) in [5.41, 5.74) is 1.41. The number of carbonyl (C=O) groups excluding carboxylic acids is 1. The molecule has 2 N–H and O–H groups in total. The smallest absolute Gasteiger partial charge is 0.322 e. The van der Waals surface area contributed by atoms with Gasteiger partial charge in [0.05, 0.1) is 6.61 Å². The second-order valence-electron chi connectivity index (χ2n) is 4.59. The molecule has 0 aliphatic carbocycles. The summed E-state index contributed by atoms with van der Waals surface area (Å²) in [6.45, 7) is 5.83. The number of amides is 2. The van der Waals surface area contributed by atoms with Crippen molar-refractivity contribution < 1.29 is 14.3 Å². The van der Waals surface area contributed by atoms with Crippen molar-refractivity contribution in [2.45, 2.75) is 6.92 Å². The standard InChI is InChI=1S/C15H18N4O3/c1-3-8-19(9-10-20)15(21)16-13-6-4-12(5-7-13)14-18-17-11(2)22-14/h3-7,20H,1,8-10H2,2H3,(H,16,21). The van der Waals surface area contributed by atoms with Gasteiger partial charge in [0.25, 0.3) is 0 Å². The van der Waals surface area contributed by atoms with E-state index in [2.05, 4.69) is 22.1 Å². The number of carbonyl (C=O) groups is 1. The number of nitrogens with one attached hydrogen (secondary N) is 1. The number of benzene rings is 1. The molecule has 1 aromatic heterocycles. The Morgan fingerprint density at radius 2 is 2.14 bits per heavy atom. The zero-order valence-electron chi connectivity index (χ0n) is 12.3. The maximum absolute atomic E-state index is 12.1. The normalized spacial score (nSPS) is 10.3. The van der Waals surface area contributed by atoms with E-state index >= 15 is 0 Å². The molecule has 0 atom stereocenters. The first-order valence-corrected chi connectivity index (χ1v) is 6.82. The van der Waals surface area contributed by atoms with Gasteiger partial charge in [-0.1, -0.05) is 6.08 Å². The summed E-state index contributed by atoms with van der Waals surface area (Å²) in [6, 6.07) is 6.77. The summed E-state index contributed by atoms with van der Waals surface area (Å²) in [7, 11) is 0. The SMILES string of the molecule is C=CCN(CCO)C(=O)Nc1ccc(-c2nnc(C)o2)cc1. The lowest BCUT2D eigenvalue weighted by Crippen LogP contribution is -2.37. The second-order valence-corrected chi connectivity index (χ2v) is 4.59. The molecule has 0 aliphatic heterocycles. The first-order valence-electron chi connectivity index (χ1n) is 6.82. The Kier molecular flexibility index (Phi) is 5.26. The Hall–Kier alpha value is -2.67. The fourth-order valence-corrected chi connectivity index (χ4v) is 1.86. The molecule has 0 saturated carbocycles. The van der Waals surface area contributed by atoms with Gasteiger partial charge in [0.2, 0.25) is 11.8 Å². The van der Waals surface area contributed by atoms with Crippen molar-refractivity contribution in [3.05, 3.63) is 42.8 Å². The number of aromatic nitrogens is 2. The van der Waals surface area contributed by atoms with Crippen molar-refractivity contribution in [3.63, 3.8) is 0 Å². The Morgan fingerprint density at radius 3 is 2.68 bits per heavy atom. The van der Waals surface area contributed by atoms with E-state index in [0.717, 1.165) is 5.56 Å². The van der Waals surface area contributed by atoms with E-state index in [-0.39, 0.29) is 19.2 Å². The molecule has 0 fully saturated rings. The molecule has 0 aliphatic rings. The predicted molar refractivity (Wildman–Crippen MR) is 82.3 cm³/mol. The van der Waals surface area contributed by atoms with Crippen LogP contribution in [0.5, 0.6) is 0 Å². The largest absolute Gasteiger partial charge is 0.421 e. The second kappa shape index (κ2) is 7.37. The lowest BCUT2D eigenvalue weighted by Gasteiger charge is -2.20. The number of aryl methyl sites for hydroxylation is 1. The average molecular weight is 302 g/mol. The van der Waals surface area contributed by atoms with E-state index in [1.54, 1.807) is 37.3 Å². The van der Waals surface area contributed by atoms with E-state index in [1.165, 1.54) is 4.90 Å². The summed E-state index contributed by atoms with van der Waals surface area (Å²) in [5.74, 6) is 0.931. The highest BCUT2D eigenvalue weighted by Crippen LogP contribution is 2.20. The first-order chi connectivity index (χ1) is 10.6. The highest BCUT2D eigenvalue weighted by atomic mass is 16.4. The van der Waals surface area contributed by atoms with Gasteiger partial charge < -0.3 is 19.7 Å². The van der Waals surface area contributed by atoms with Crippen LogP contribution in [0.25, 0.3) is 11.5 Å². The molecule has 1 heterocycles. The number of aliphatic hydroxyl groups is 1. The first kappa shape index (κ1) is 15.7. The monoisotopic (exact) mass is 302 g/mol. The molecule has 2 aromatic rings. The zero-order valence-corrected chi connectivity index (χ0v) is 12.3. The molecular formula is C15H18N4O3. The molecule has 1 aromatic carbocycles. The van der Waals surface area contributed by atoms with Crippen LogP contribution in [0.15, 0.2) is 41.3 Å². The van der Waals surface area contributed by atoms with Crippen LogP contribution < -0.4 is 5.32 Å². The zero-order chi connectivity index (χ0) is 15.9. The van der Waals surface area contributed by atoms with E-state index < -0.39 is 0 Å². The molecule has 2 amide bonds. The molecule has 0 spiro atoms. The van der Waals surface area contributed by atoms with Gasteiger partial charge in [-0.05, 0) is 24.3 Å². The fourth-order valence-electron chi connectivity index (χ4n) is 1.86. The fraction of sp³-hybridized carbons (Fsp3) is 0.267. The van der Waals surface area contributed by atoms with Gasteiger partial charge in [0.15, 0.2) is 0 Å². The lowest BCUT2D eigenvalue weighted by atomic mass is 10.2. The van der Waals surface area contributed by atoms with E-state index in [0.29, 0.717) is 24.0 Å². The van der Waals surface area contributed by atoms with Crippen molar-refractivity contribution in [2.75, 3.05) is 25.0 Å². The minimum absolute atomic E-state index is 0.100. The Bertz CT molecular complexity index is 636. The quantitative estimate of drug-likeness (QED) is 0.797. The average Bonchev–Trinajstić information content (AvgIpc) is 2.94. The van der Waals surface area contributed by atoms with Crippen LogP contribution in [0, 0.1) is 6.92 Å². The van der Waals surface area contributed by atoms with Crippen molar-refractivity contribution in [1.82, 2.24) is 15.1 Å². The maximum atomic E-state index is 12.1. The number of urea groups is 1. The molecule has 7 nitrogen and oxygen atoms in total. The van der Waals surface area contributed by atoms with Gasteiger partial charge in [0.1, 0.15) is 0 Å². The molecule has 0 radical (unpaired) electrons. The number of hydrogen-bond acceptors (Lipinski definition) is 5. The molecule has 7 heteroatoms. The van der Waals surface area contributed by atoms with E-state index in [1.807, 2.05) is 0 Å². The van der Waals surface area contributed by atoms with Gasteiger partial charge in [0, 0.05) is 31.3 Å². The van der Waals surface area contributed by atoms with Crippen LogP contribution in [-0.2, 0) is 0 Å². The van der Waals surface area contributed by atoms with Crippen LogP contribution in [0.3, 0.4) is 0 Å². The number of aliphatic hydroxyl groups excluding tert-OH is 1. The highest BCUT2D eigenvalue weighted by Gasteiger charge is 2.12. The molecule has 22 heavy (non-hydrogen) atoms. The Morgan fingerprint density at radius 1 is 1.41 bits per heavy atom. The Labute approximate surface area is 128 Å². The van der Waals surface area contributed by atoms with Gasteiger partial charge in [-0.3, -0.25) is 0 Å². The van der Waals surface area contributed by atoms with Crippen LogP contribution >= 0.6 is 0 Å². The number of nitrogens with zero attached hydrogens (tertiary/aromatic N) is 3. The number of anilines is 1. The van der Waals surface area contributed by atoms with Crippen molar-refractivity contribution in [3.8, 4) is 11.5 Å². The summed E-state index contributed by atoms with van der Waals surface area (Å²) < 4.78 is 5.34. The van der Waals surface area contributed by atoms with E-state index in [4.69, 9.17) is 9.52 Å².